The predicted octanol–water partition coefficient (Wildman–Crippen LogP) is 1.41. The van der Waals surface area contributed by atoms with Crippen molar-refractivity contribution in [2.45, 2.75) is 6.42 Å². The van der Waals surface area contributed by atoms with Gasteiger partial charge in [-0.3, -0.25) is 9.89 Å². The van der Waals surface area contributed by atoms with E-state index in [0.29, 0.717) is 31.0 Å². The summed E-state index contributed by atoms with van der Waals surface area (Å²) in [5.74, 6) is 0.498. The maximum Gasteiger partial charge on any atom is 0.276 e. The number of carbonyl (C=O) groups is 1. The zero-order valence-corrected chi connectivity index (χ0v) is 11.4. The second kappa shape index (κ2) is 6.72. The van der Waals surface area contributed by atoms with Crippen LogP contribution in [0.4, 0.5) is 5.69 Å². The lowest BCUT2D eigenvalue weighted by atomic mass is 10.2. The number of ether oxygens (including phenoxy) is 1. The summed E-state index contributed by atoms with van der Waals surface area (Å²) in [4.78, 5) is 14.2. The Balaban J connectivity index is 2.34. The van der Waals surface area contributed by atoms with E-state index in [1.807, 2.05) is 24.3 Å². The number of nitrogens with one attached hydrogen (secondary N) is 1. The minimum atomic E-state index is -0.152. The van der Waals surface area contributed by atoms with Crippen LogP contribution >= 0.6 is 0 Å². The normalized spacial score (nSPS) is 10.3. The lowest BCUT2D eigenvalue weighted by Crippen LogP contribution is -2.33. The summed E-state index contributed by atoms with van der Waals surface area (Å²) in [6, 6.07) is 9.06. The van der Waals surface area contributed by atoms with Crippen LogP contribution in [0.1, 0.15) is 16.9 Å². The number of hydrogen-bond donors (Lipinski definition) is 2. The summed E-state index contributed by atoms with van der Waals surface area (Å²) in [5, 5.41) is 6.50. The minimum Gasteiger partial charge on any atom is -0.495 e. The van der Waals surface area contributed by atoms with Crippen LogP contribution < -0.4 is 15.4 Å². The van der Waals surface area contributed by atoms with Crippen LogP contribution in [0.5, 0.6) is 5.75 Å². The van der Waals surface area contributed by atoms with Gasteiger partial charge < -0.3 is 15.4 Å². The van der Waals surface area contributed by atoms with Gasteiger partial charge in [-0.15, -0.1) is 0 Å². The molecule has 0 atom stereocenters. The molecule has 1 amide bonds. The number of anilines is 1. The Morgan fingerprint density at radius 1 is 1.40 bits per heavy atom. The number of aromatic nitrogens is 2. The number of nitrogens with two attached hydrogens (primary N) is 1. The number of nitrogens with zero attached hydrogens (tertiary/aromatic N) is 2. The fourth-order valence-electron chi connectivity index (χ4n) is 1.95. The average Bonchev–Trinajstić information content (AvgIpc) is 3.02. The van der Waals surface area contributed by atoms with Gasteiger partial charge in [0.05, 0.1) is 12.8 Å². The van der Waals surface area contributed by atoms with Crippen LogP contribution in [0.25, 0.3) is 0 Å². The van der Waals surface area contributed by atoms with E-state index in [4.69, 9.17) is 10.5 Å². The summed E-state index contributed by atoms with van der Waals surface area (Å²) >= 11 is 0. The van der Waals surface area contributed by atoms with Crippen LogP contribution in [0.3, 0.4) is 0 Å². The monoisotopic (exact) mass is 274 g/mol. The van der Waals surface area contributed by atoms with Gasteiger partial charge in [0.15, 0.2) is 0 Å². The van der Waals surface area contributed by atoms with Crippen molar-refractivity contribution >= 4 is 11.6 Å². The zero-order chi connectivity index (χ0) is 14.4. The second-order valence-electron chi connectivity index (χ2n) is 4.24. The Bertz CT molecular complexity index is 554. The molecule has 106 valence electrons. The van der Waals surface area contributed by atoms with Crippen molar-refractivity contribution in [2.75, 3.05) is 25.1 Å². The van der Waals surface area contributed by atoms with E-state index >= 15 is 0 Å². The maximum atomic E-state index is 12.5. The lowest BCUT2D eigenvalue weighted by Gasteiger charge is -2.23. The first-order chi connectivity index (χ1) is 9.77. The van der Waals surface area contributed by atoms with E-state index in [1.54, 1.807) is 24.3 Å². The zero-order valence-electron chi connectivity index (χ0n) is 11.4. The number of carbonyl (C=O) groups excluding carboxylic acids is 1. The number of aromatic amines is 1. The molecule has 1 aromatic carbocycles. The summed E-state index contributed by atoms with van der Waals surface area (Å²) in [5.41, 5.74) is 6.72. The Hall–Kier alpha value is -2.34. The smallest absolute Gasteiger partial charge is 0.276 e. The molecule has 0 bridgehead atoms. The van der Waals surface area contributed by atoms with Crippen molar-refractivity contribution < 1.29 is 9.53 Å². The third-order valence-corrected chi connectivity index (χ3v) is 2.94. The van der Waals surface area contributed by atoms with Crippen LogP contribution in [-0.2, 0) is 0 Å². The van der Waals surface area contributed by atoms with Crippen molar-refractivity contribution in [1.82, 2.24) is 10.2 Å². The highest BCUT2D eigenvalue weighted by molar-refractivity contribution is 6.05. The molecule has 0 radical (unpaired) electrons. The molecule has 0 unspecified atom stereocenters. The number of hydrogen-bond acceptors (Lipinski definition) is 4. The van der Waals surface area contributed by atoms with Gasteiger partial charge in [0.25, 0.3) is 5.91 Å². The summed E-state index contributed by atoms with van der Waals surface area (Å²) in [7, 11) is 1.58. The molecule has 0 aliphatic carbocycles. The molecule has 0 aliphatic heterocycles. The summed E-state index contributed by atoms with van der Waals surface area (Å²) < 4.78 is 5.32. The quantitative estimate of drug-likeness (QED) is 0.834. The molecule has 1 heterocycles. The Morgan fingerprint density at radius 3 is 2.85 bits per heavy atom. The topological polar surface area (TPSA) is 84.2 Å². The number of para-hydroxylation sites is 2. The number of methoxy groups -OCH3 is 1. The molecule has 2 rings (SSSR count). The van der Waals surface area contributed by atoms with Gasteiger partial charge in [-0.25, -0.2) is 0 Å². The van der Waals surface area contributed by atoms with Gasteiger partial charge in [0.2, 0.25) is 0 Å². The molecule has 20 heavy (non-hydrogen) atoms. The van der Waals surface area contributed by atoms with Crippen molar-refractivity contribution in [3.8, 4) is 5.75 Å². The van der Waals surface area contributed by atoms with E-state index in [9.17, 15) is 4.79 Å². The molecular formula is C14H18N4O2. The first kappa shape index (κ1) is 14.1. The van der Waals surface area contributed by atoms with Gasteiger partial charge in [-0.1, -0.05) is 12.1 Å². The Labute approximate surface area is 117 Å². The lowest BCUT2D eigenvalue weighted by molar-refractivity contribution is 0.0981. The highest BCUT2D eigenvalue weighted by atomic mass is 16.5. The van der Waals surface area contributed by atoms with Crippen molar-refractivity contribution in [2.24, 2.45) is 5.73 Å². The van der Waals surface area contributed by atoms with E-state index in [0.717, 1.165) is 5.69 Å². The van der Waals surface area contributed by atoms with Crippen LogP contribution in [0.15, 0.2) is 36.5 Å². The van der Waals surface area contributed by atoms with Gasteiger partial charge in [0.1, 0.15) is 11.4 Å². The largest absolute Gasteiger partial charge is 0.495 e. The van der Waals surface area contributed by atoms with E-state index in [-0.39, 0.29) is 5.91 Å². The predicted molar refractivity (Wildman–Crippen MR) is 76.9 cm³/mol. The third kappa shape index (κ3) is 2.97. The highest BCUT2D eigenvalue weighted by Crippen LogP contribution is 2.28. The average molecular weight is 274 g/mol. The molecular weight excluding hydrogens is 256 g/mol. The fraction of sp³-hybridized carbons (Fsp3) is 0.286. The Kier molecular flexibility index (Phi) is 4.73. The van der Waals surface area contributed by atoms with Gasteiger partial charge in [-0.2, -0.15) is 5.10 Å². The maximum absolute atomic E-state index is 12.5. The number of amides is 1. The molecule has 6 heteroatoms. The van der Waals surface area contributed by atoms with Gasteiger partial charge in [0, 0.05) is 12.7 Å². The molecule has 1 aromatic heterocycles. The second-order valence-corrected chi connectivity index (χ2v) is 4.24. The van der Waals surface area contributed by atoms with Crippen molar-refractivity contribution in [3.63, 3.8) is 0 Å². The van der Waals surface area contributed by atoms with Crippen LogP contribution in [0.2, 0.25) is 0 Å². The van der Waals surface area contributed by atoms with Gasteiger partial charge in [-0.05, 0) is 31.2 Å². The van der Waals surface area contributed by atoms with Gasteiger partial charge >= 0.3 is 0 Å². The highest BCUT2D eigenvalue weighted by Gasteiger charge is 2.21. The standard InChI is InChI=1S/C14H18N4O2/c1-20-13-6-3-2-5-12(13)18(10-4-8-15)14(19)11-7-9-16-17-11/h2-3,5-7,9H,4,8,10,15H2,1H3,(H,16,17). The molecule has 0 fully saturated rings. The third-order valence-electron chi connectivity index (χ3n) is 2.94. The molecule has 0 saturated carbocycles. The Morgan fingerprint density at radius 2 is 2.20 bits per heavy atom. The molecule has 3 N–H and O–H groups in total. The van der Waals surface area contributed by atoms with Crippen molar-refractivity contribution in [1.29, 1.82) is 0 Å². The minimum absolute atomic E-state index is 0.152. The number of H-pyrrole nitrogens is 1. The summed E-state index contributed by atoms with van der Waals surface area (Å²) in [6.45, 7) is 1.04. The van der Waals surface area contributed by atoms with E-state index in [1.165, 1.54) is 0 Å². The number of rotatable bonds is 6. The summed E-state index contributed by atoms with van der Waals surface area (Å²) in [6.07, 6.45) is 2.26. The van der Waals surface area contributed by atoms with Crippen molar-refractivity contribution in [3.05, 3.63) is 42.2 Å². The molecule has 0 spiro atoms. The van der Waals surface area contributed by atoms with Crippen LogP contribution in [0, 0.1) is 0 Å². The molecule has 0 saturated heterocycles. The first-order valence-corrected chi connectivity index (χ1v) is 6.42. The molecule has 6 nitrogen and oxygen atoms in total. The van der Waals surface area contributed by atoms with E-state index < -0.39 is 0 Å². The first-order valence-electron chi connectivity index (χ1n) is 6.42. The number of benzene rings is 1. The van der Waals surface area contributed by atoms with Crippen LogP contribution in [-0.4, -0.2) is 36.3 Å². The van der Waals surface area contributed by atoms with E-state index in [2.05, 4.69) is 10.2 Å². The fourth-order valence-corrected chi connectivity index (χ4v) is 1.95. The molecule has 2 aromatic rings. The molecule has 0 aliphatic rings. The SMILES string of the molecule is COc1ccccc1N(CCCN)C(=O)c1ccn[nH]1.